The molecule has 0 spiro atoms. The standard InChI is InChI=1S/C22H33NO2/c1-13(12-24)15-6-7-16-14-4-5-18-20(23)19(25)9-11-22(18,3)17(14)8-10-21(15,16)2/h4-5,13-18,23-24H,6-12H2,1-3H3/t13?,14-,15+,16-,17-,18?,21+,22+/m0/s1. The quantitative estimate of drug-likeness (QED) is 0.736. The monoisotopic (exact) mass is 343 g/mol. The summed E-state index contributed by atoms with van der Waals surface area (Å²) in [5, 5.41) is 18.0. The van der Waals surface area contributed by atoms with E-state index in [9.17, 15) is 9.90 Å². The van der Waals surface area contributed by atoms with Gasteiger partial charge in [-0.15, -0.1) is 0 Å². The number of rotatable bonds is 2. The number of fused-ring (bicyclic) bond motifs is 5. The zero-order valence-corrected chi connectivity index (χ0v) is 15.9. The first-order chi connectivity index (χ1) is 11.8. The van der Waals surface area contributed by atoms with Gasteiger partial charge < -0.3 is 10.5 Å². The van der Waals surface area contributed by atoms with Crippen molar-refractivity contribution in [2.24, 2.45) is 46.3 Å². The fourth-order valence-corrected chi connectivity index (χ4v) is 7.48. The highest BCUT2D eigenvalue weighted by atomic mass is 16.3. The van der Waals surface area contributed by atoms with Crippen LogP contribution in [0.5, 0.6) is 0 Å². The topological polar surface area (TPSA) is 61.1 Å². The highest BCUT2D eigenvalue weighted by Crippen LogP contribution is 2.66. The summed E-state index contributed by atoms with van der Waals surface area (Å²) in [5.41, 5.74) is 0.788. The molecule has 0 bridgehead atoms. The first-order valence-corrected chi connectivity index (χ1v) is 10.2. The van der Waals surface area contributed by atoms with Crippen molar-refractivity contribution in [1.29, 1.82) is 5.41 Å². The molecule has 4 rings (SSSR count). The molecule has 0 heterocycles. The lowest BCUT2D eigenvalue weighted by atomic mass is 9.46. The third kappa shape index (κ3) is 2.27. The van der Waals surface area contributed by atoms with Crippen LogP contribution in [0.1, 0.15) is 59.3 Å². The summed E-state index contributed by atoms with van der Waals surface area (Å²) >= 11 is 0. The van der Waals surface area contributed by atoms with E-state index in [-0.39, 0.29) is 17.1 Å². The van der Waals surface area contributed by atoms with Crippen LogP contribution in [-0.4, -0.2) is 23.2 Å². The van der Waals surface area contributed by atoms with Gasteiger partial charge in [0, 0.05) is 18.9 Å². The Labute approximate surface area is 151 Å². The summed E-state index contributed by atoms with van der Waals surface area (Å²) in [6.07, 6.45) is 11.1. The molecule has 0 aromatic heterocycles. The highest BCUT2D eigenvalue weighted by Gasteiger charge is 2.60. The lowest BCUT2D eigenvalue weighted by molar-refractivity contribution is -0.117. The van der Waals surface area contributed by atoms with Crippen LogP contribution in [0.25, 0.3) is 0 Å². The number of allylic oxidation sites excluding steroid dienone is 2. The molecule has 0 aromatic carbocycles. The van der Waals surface area contributed by atoms with Crippen LogP contribution in [0, 0.1) is 51.7 Å². The molecule has 4 aliphatic carbocycles. The molecule has 3 saturated carbocycles. The molecule has 0 aliphatic heterocycles. The van der Waals surface area contributed by atoms with Crippen LogP contribution in [0.2, 0.25) is 0 Å². The van der Waals surface area contributed by atoms with E-state index < -0.39 is 0 Å². The van der Waals surface area contributed by atoms with Crippen LogP contribution >= 0.6 is 0 Å². The lowest BCUT2D eigenvalue weighted by Crippen LogP contribution is -2.54. The molecule has 25 heavy (non-hydrogen) atoms. The third-order valence-corrected chi connectivity index (χ3v) is 8.97. The van der Waals surface area contributed by atoms with Gasteiger partial charge in [0.1, 0.15) is 0 Å². The van der Waals surface area contributed by atoms with Crippen LogP contribution in [0.15, 0.2) is 12.2 Å². The summed E-state index contributed by atoms with van der Waals surface area (Å²) in [7, 11) is 0. The fourth-order valence-electron chi connectivity index (χ4n) is 7.48. The average molecular weight is 344 g/mol. The van der Waals surface area contributed by atoms with Gasteiger partial charge in [-0.3, -0.25) is 4.79 Å². The second-order valence-corrected chi connectivity index (χ2v) is 9.88. The predicted octanol–water partition coefficient (Wildman–Crippen LogP) is 4.25. The van der Waals surface area contributed by atoms with Crippen molar-refractivity contribution >= 4 is 11.5 Å². The maximum atomic E-state index is 12.1. The Kier molecular flexibility index (Phi) is 4.03. The first kappa shape index (κ1) is 17.5. The smallest absolute Gasteiger partial charge is 0.176 e. The van der Waals surface area contributed by atoms with E-state index in [4.69, 9.17) is 5.41 Å². The van der Waals surface area contributed by atoms with Gasteiger partial charge in [0.25, 0.3) is 0 Å². The molecule has 138 valence electrons. The van der Waals surface area contributed by atoms with E-state index in [1.54, 1.807) is 0 Å². The predicted molar refractivity (Wildman–Crippen MR) is 99.5 cm³/mol. The van der Waals surface area contributed by atoms with Crippen molar-refractivity contribution in [2.45, 2.75) is 59.3 Å². The summed E-state index contributed by atoms with van der Waals surface area (Å²) in [6.45, 7) is 7.35. The molecule has 0 amide bonds. The van der Waals surface area contributed by atoms with Gasteiger partial charge in [0.2, 0.25) is 0 Å². The number of hydrogen-bond donors (Lipinski definition) is 2. The normalized spacial score (nSPS) is 50.2. The molecule has 3 nitrogen and oxygen atoms in total. The minimum Gasteiger partial charge on any atom is -0.396 e. The van der Waals surface area contributed by atoms with E-state index in [0.717, 1.165) is 6.42 Å². The first-order valence-electron chi connectivity index (χ1n) is 10.2. The molecule has 3 fully saturated rings. The molecule has 0 aromatic rings. The average Bonchev–Trinajstić information content (AvgIpc) is 2.95. The van der Waals surface area contributed by atoms with Gasteiger partial charge in [0.15, 0.2) is 5.78 Å². The maximum Gasteiger partial charge on any atom is 0.176 e. The van der Waals surface area contributed by atoms with Crippen molar-refractivity contribution in [3.05, 3.63) is 12.2 Å². The largest absolute Gasteiger partial charge is 0.396 e. The van der Waals surface area contributed by atoms with E-state index in [0.29, 0.717) is 53.7 Å². The molecule has 0 radical (unpaired) electrons. The Balaban J connectivity index is 1.67. The minimum absolute atomic E-state index is 0.0351. The van der Waals surface area contributed by atoms with Crippen molar-refractivity contribution in [3.8, 4) is 0 Å². The Morgan fingerprint density at radius 2 is 1.88 bits per heavy atom. The molecule has 0 saturated heterocycles. The maximum absolute atomic E-state index is 12.1. The number of carbonyl (C=O) groups is 1. The molecule has 2 unspecified atom stereocenters. The number of ketones is 1. The van der Waals surface area contributed by atoms with Gasteiger partial charge in [-0.1, -0.05) is 32.9 Å². The van der Waals surface area contributed by atoms with E-state index >= 15 is 0 Å². The Hall–Kier alpha value is -0.960. The number of aliphatic hydroxyl groups excluding tert-OH is 1. The summed E-state index contributed by atoms with van der Waals surface area (Å²) in [4.78, 5) is 12.1. The van der Waals surface area contributed by atoms with Gasteiger partial charge in [0.05, 0.1) is 5.71 Å². The van der Waals surface area contributed by atoms with E-state index in [2.05, 4.69) is 32.9 Å². The number of carbonyl (C=O) groups excluding carboxylic acids is 1. The van der Waals surface area contributed by atoms with Gasteiger partial charge in [-0.05, 0) is 72.5 Å². The van der Waals surface area contributed by atoms with Crippen LogP contribution in [-0.2, 0) is 4.79 Å². The summed E-state index contributed by atoms with van der Waals surface area (Å²) < 4.78 is 0. The Bertz CT molecular complexity index is 626. The van der Waals surface area contributed by atoms with Crippen LogP contribution < -0.4 is 0 Å². The van der Waals surface area contributed by atoms with Crippen molar-refractivity contribution < 1.29 is 9.90 Å². The van der Waals surface area contributed by atoms with E-state index in [1.165, 1.54) is 25.7 Å². The number of Topliss-reactive ketones (excluding diaryl/α,β-unsaturated/α-hetero) is 1. The second-order valence-electron chi connectivity index (χ2n) is 9.88. The lowest BCUT2D eigenvalue weighted by Gasteiger charge is -2.58. The second kappa shape index (κ2) is 5.77. The van der Waals surface area contributed by atoms with Crippen molar-refractivity contribution in [3.63, 3.8) is 0 Å². The highest BCUT2D eigenvalue weighted by molar-refractivity contribution is 6.40. The number of hydrogen-bond acceptors (Lipinski definition) is 3. The Morgan fingerprint density at radius 1 is 1.16 bits per heavy atom. The van der Waals surface area contributed by atoms with Crippen LogP contribution in [0.3, 0.4) is 0 Å². The third-order valence-electron chi connectivity index (χ3n) is 8.97. The Morgan fingerprint density at radius 3 is 2.60 bits per heavy atom. The van der Waals surface area contributed by atoms with Gasteiger partial charge >= 0.3 is 0 Å². The SMILES string of the molecule is CC(CO)[C@H]1CC[C@H]2[C@@H]3C=CC4C(=N)C(=O)CC[C@]4(C)[C@H]3CC[C@]12C. The summed E-state index contributed by atoms with van der Waals surface area (Å²) in [5.74, 6) is 3.02. The summed E-state index contributed by atoms with van der Waals surface area (Å²) in [6, 6.07) is 0. The zero-order valence-electron chi connectivity index (χ0n) is 15.9. The number of nitrogens with one attached hydrogen (secondary N) is 1. The van der Waals surface area contributed by atoms with Gasteiger partial charge in [-0.2, -0.15) is 0 Å². The molecule has 3 heteroatoms. The van der Waals surface area contributed by atoms with Crippen molar-refractivity contribution in [2.75, 3.05) is 6.61 Å². The molecular weight excluding hydrogens is 310 g/mol. The molecular formula is C22H33NO2. The van der Waals surface area contributed by atoms with Gasteiger partial charge in [-0.25, -0.2) is 0 Å². The molecule has 4 aliphatic rings. The van der Waals surface area contributed by atoms with E-state index in [1.807, 2.05) is 0 Å². The number of aliphatic hydroxyl groups is 1. The minimum atomic E-state index is 0.0351. The van der Waals surface area contributed by atoms with Crippen LogP contribution in [0.4, 0.5) is 0 Å². The van der Waals surface area contributed by atoms with Crippen molar-refractivity contribution in [1.82, 2.24) is 0 Å². The molecule has 2 N–H and O–H groups in total. The molecule has 8 atom stereocenters. The fraction of sp³-hybridized carbons (Fsp3) is 0.818. The zero-order chi connectivity index (χ0) is 18.0.